The minimum absolute atomic E-state index is 0.0666. The Morgan fingerprint density at radius 1 is 0.838 bits per heavy atom. The fraction of sp³-hybridized carbons (Fsp3) is 0.852. The number of nitrogens with one attached hydrogen (secondary N) is 1. The standard InChI is InChI=1S/C27H52NO8P/c1-3-5-6-7-8-9-10-11-12-13-14-15-16-17-18-19-20-27(31)34-23-25(29)24-36-37(32,33)35-22-21-28-26(30)4-2/h12-13,25,29H,3-11,14-24H2,1-2H3,(H,28,30)(H,32,33)/b13-12-. The summed E-state index contributed by atoms with van der Waals surface area (Å²) < 4.78 is 26.1. The number of carbonyl (C=O) groups excluding carboxylic acids is 2. The number of aliphatic hydroxyl groups excluding tert-OH is 1. The molecule has 0 radical (unpaired) electrons. The van der Waals surface area contributed by atoms with Crippen LogP contribution in [0.3, 0.4) is 0 Å². The van der Waals surface area contributed by atoms with Gasteiger partial charge in [-0.3, -0.25) is 18.6 Å². The van der Waals surface area contributed by atoms with Crippen molar-refractivity contribution in [2.75, 3.05) is 26.4 Å². The number of hydrogen-bond acceptors (Lipinski definition) is 7. The van der Waals surface area contributed by atoms with Gasteiger partial charge in [0, 0.05) is 19.4 Å². The van der Waals surface area contributed by atoms with Gasteiger partial charge in [0.15, 0.2) is 0 Å². The zero-order valence-corrected chi connectivity index (χ0v) is 24.1. The van der Waals surface area contributed by atoms with Crippen LogP contribution in [0.1, 0.15) is 117 Å². The number of phosphoric acid groups is 1. The molecular formula is C27H52NO8P. The second-order valence-corrected chi connectivity index (χ2v) is 10.8. The summed E-state index contributed by atoms with van der Waals surface area (Å²) >= 11 is 0. The van der Waals surface area contributed by atoms with Crippen molar-refractivity contribution in [3.8, 4) is 0 Å². The van der Waals surface area contributed by atoms with Crippen molar-refractivity contribution in [2.45, 2.75) is 123 Å². The fourth-order valence-corrected chi connectivity index (χ4v) is 4.28. The summed E-state index contributed by atoms with van der Waals surface area (Å²) in [5.41, 5.74) is 0. The molecule has 0 aromatic rings. The van der Waals surface area contributed by atoms with Crippen LogP contribution >= 0.6 is 7.82 Å². The number of allylic oxidation sites excluding steroid dienone is 2. The van der Waals surface area contributed by atoms with Gasteiger partial charge in [0.05, 0.1) is 13.2 Å². The first-order valence-corrected chi connectivity index (χ1v) is 15.7. The molecule has 0 aromatic carbocycles. The Labute approximate surface area is 224 Å². The minimum atomic E-state index is -4.37. The van der Waals surface area contributed by atoms with Crippen molar-refractivity contribution in [3.63, 3.8) is 0 Å². The predicted molar refractivity (Wildman–Crippen MR) is 146 cm³/mol. The largest absolute Gasteiger partial charge is 0.472 e. The number of rotatable bonds is 26. The average molecular weight is 550 g/mol. The Balaban J connectivity index is 3.57. The van der Waals surface area contributed by atoms with Crippen molar-refractivity contribution in [3.05, 3.63) is 12.2 Å². The Morgan fingerprint density at radius 2 is 1.41 bits per heavy atom. The van der Waals surface area contributed by atoms with Crippen molar-refractivity contribution >= 4 is 19.7 Å². The molecule has 0 aliphatic carbocycles. The quantitative estimate of drug-likeness (QED) is 0.0520. The molecule has 2 atom stereocenters. The van der Waals surface area contributed by atoms with E-state index in [1.165, 1.54) is 51.4 Å². The average Bonchev–Trinajstić information content (AvgIpc) is 2.88. The summed E-state index contributed by atoms with van der Waals surface area (Å²) in [5, 5.41) is 12.3. The summed E-state index contributed by atoms with van der Waals surface area (Å²) in [6.07, 6.45) is 20.7. The van der Waals surface area contributed by atoms with E-state index >= 15 is 0 Å². The van der Waals surface area contributed by atoms with E-state index < -0.39 is 26.5 Å². The van der Waals surface area contributed by atoms with Gasteiger partial charge < -0.3 is 20.1 Å². The smallest absolute Gasteiger partial charge is 0.463 e. The molecule has 0 saturated carbocycles. The normalized spacial score (nSPS) is 13.9. The minimum Gasteiger partial charge on any atom is -0.463 e. The van der Waals surface area contributed by atoms with Crippen LogP contribution in [-0.2, 0) is 27.9 Å². The Morgan fingerprint density at radius 3 is 2.00 bits per heavy atom. The highest BCUT2D eigenvalue weighted by Gasteiger charge is 2.23. The molecule has 0 bridgehead atoms. The molecule has 0 aromatic heterocycles. The number of esters is 1. The van der Waals surface area contributed by atoms with Gasteiger partial charge in [-0.05, 0) is 32.1 Å². The second-order valence-electron chi connectivity index (χ2n) is 9.33. The summed E-state index contributed by atoms with van der Waals surface area (Å²) in [7, 11) is -4.37. The molecule has 218 valence electrons. The SMILES string of the molecule is CCCCCCCCC/C=C\CCCCCCCC(=O)OCC(O)COP(=O)(O)OCCNC(=O)CC. The number of ether oxygens (including phenoxy) is 1. The first-order valence-electron chi connectivity index (χ1n) is 14.2. The molecule has 1 amide bonds. The van der Waals surface area contributed by atoms with Gasteiger partial charge in [-0.25, -0.2) is 4.57 Å². The lowest BCUT2D eigenvalue weighted by atomic mass is 10.1. The summed E-state index contributed by atoms with van der Waals surface area (Å²) in [6, 6.07) is 0. The van der Waals surface area contributed by atoms with Gasteiger partial charge in [-0.15, -0.1) is 0 Å². The van der Waals surface area contributed by atoms with Crippen LogP contribution in [0.15, 0.2) is 12.2 Å². The number of amides is 1. The van der Waals surface area contributed by atoms with Gasteiger partial charge >= 0.3 is 13.8 Å². The number of unbranched alkanes of at least 4 members (excludes halogenated alkanes) is 12. The second kappa shape index (κ2) is 25.1. The molecule has 0 saturated heterocycles. The predicted octanol–water partition coefficient (Wildman–Crippen LogP) is 5.98. The number of hydrogen-bond donors (Lipinski definition) is 3. The van der Waals surface area contributed by atoms with Gasteiger partial charge in [-0.1, -0.05) is 83.8 Å². The highest BCUT2D eigenvalue weighted by atomic mass is 31.2. The Bertz CT molecular complexity index is 644. The zero-order valence-electron chi connectivity index (χ0n) is 23.2. The van der Waals surface area contributed by atoms with E-state index in [1.54, 1.807) is 6.92 Å². The van der Waals surface area contributed by atoms with Crippen LogP contribution in [0, 0.1) is 0 Å². The van der Waals surface area contributed by atoms with E-state index in [2.05, 4.69) is 28.9 Å². The molecule has 0 fully saturated rings. The molecule has 10 heteroatoms. The van der Waals surface area contributed by atoms with Crippen LogP contribution in [0.2, 0.25) is 0 Å². The van der Waals surface area contributed by atoms with Crippen molar-refractivity contribution in [1.82, 2.24) is 5.32 Å². The topological polar surface area (TPSA) is 131 Å². The van der Waals surface area contributed by atoms with E-state index in [-0.39, 0.29) is 32.1 Å². The Hall–Kier alpha value is -1.25. The molecule has 0 rings (SSSR count). The number of carbonyl (C=O) groups is 2. The van der Waals surface area contributed by atoms with E-state index in [0.29, 0.717) is 6.42 Å². The summed E-state index contributed by atoms with van der Waals surface area (Å²) in [6.45, 7) is 2.95. The molecular weight excluding hydrogens is 497 g/mol. The highest BCUT2D eigenvalue weighted by molar-refractivity contribution is 7.47. The molecule has 0 heterocycles. The van der Waals surface area contributed by atoms with Gasteiger partial charge in [-0.2, -0.15) is 0 Å². The van der Waals surface area contributed by atoms with E-state index in [1.807, 2.05) is 0 Å². The molecule has 0 aliphatic rings. The lowest BCUT2D eigenvalue weighted by molar-refractivity contribution is -0.147. The molecule has 3 N–H and O–H groups in total. The molecule has 9 nitrogen and oxygen atoms in total. The maximum absolute atomic E-state index is 11.8. The summed E-state index contributed by atoms with van der Waals surface area (Å²) in [4.78, 5) is 32.4. The lowest BCUT2D eigenvalue weighted by Gasteiger charge is -2.15. The van der Waals surface area contributed by atoms with Gasteiger partial charge in [0.1, 0.15) is 12.7 Å². The van der Waals surface area contributed by atoms with Crippen molar-refractivity contribution in [1.29, 1.82) is 0 Å². The molecule has 0 spiro atoms. The maximum Gasteiger partial charge on any atom is 0.472 e. The Kier molecular flexibility index (Phi) is 24.2. The first kappa shape index (κ1) is 35.8. The highest BCUT2D eigenvalue weighted by Crippen LogP contribution is 2.42. The molecule has 0 aliphatic heterocycles. The van der Waals surface area contributed by atoms with E-state index in [0.717, 1.165) is 38.5 Å². The number of phosphoric ester groups is 1. The monoisotopic (exact) mass is 549 g/mol. The van der Waals surface area contributed by atoms with Crippen LogP contribution < -0.4 is 5.32 Å². The van der Waals surface area contributed by atoms with Crippen LogP contribution in [0.4, 0.5) is 0 Å². The summed E-state index contributed by atoms with van der Waals surface area (Å²) in [5.74, 6) is -0.617. The van der Waals surface area contributed by atoms with Crippen LogP contribution in [0.25, 0.3) is 0 Å². The third-order valence-corrected chi connectivity index (χ3v) is 6.74. The maximum atomic E-state index is 11.8. The third-order valence-electron chi connectivity index (χ3n) is 5.76. The first-order chi connectivity index (χ1) is 17.8. The van der Waals surface area contributed by atoms with Gasteiger partial charge in [0.25, 0.3) is 0 Å². The number of aliphatic hydroxyl groups is 1. The fourth-order valence-electron chi connectivity index (χ4n) is 3.52. The van der Waals surface area contributed by atoms with Gasteiger partial charge in [0.2, 0.25) is 5.91 Å². The molecule has 37 heavy (non-hydrogen) atoms. The molecule has 2 unspecified atom stereocenters. The third kappa shape index (κ3) is 26.2. The lowest BCUT2D eigenvalue weighted by Crippen LogP contribution is -2.26. The zero-order chi connectivity index (χ0) is 27.6. The van der Waals surface area contributed by atoms with E-state index in [4.69, 9.17) is 9.26 Å². The van der Waals surface area contributed by atoms with Crippen LogP contribution in [-0.4, -0.2) is 54.3 Å². The van der Waals surface area contributed by atoms with E-state index in [9.17, 15) is 24.2 Å². The van der Waals surface area contributed by atoms with Crippen LogP contribution in [0.5, 0.6) is 0 Å². The van der Waals surface area contributed by atoms with Crippen molar-refractivity contribution < 1.29 is 37.9 Å². The van der Waals surface area contributed by atoms with Crippen molar-refractivity contribution in [2.24, 2.45) is 0 Å².